The van der Waals surface area contributed by atoms with Crippen LogP contribution in [0.25, 0.3) is 11.3 Å². The number of aromatic nitrogens is 2. The van der Waals surface area contributed by atoms with Gasteiger partial charge in [-0.3, -0.25) is 0 Å². The molecule has 0 aliphatic heterocycles. The number of rotatable bonds is 1. The van der Waals surface area contributed by atoms with E-state index in [1.807, 2.05) is 0 Å². The molecule has 0 spiro atoms. The molecule has 0 saturated heterocycles. The van der Waals surface area contributed by atoms with Gasteiger partial charge in [-0.1, -0.05) is 28.8 Å². The smallest absolute Gasteiger partial charge is 0.133 e. The molecule has 1 aromatic carbocycles. The van der Waals surface area contributed by atoms with Crippen LogP contribution in [0.3, 0.4) is 0 Å². The molecule has 2 nitrogen and oxygen atoms in total. The van der Waals surface area contributed by atoms with E-state index < -0.39 is 0 Å². The number of hydrogen-bond donors (Lipinski definition) is 0. The molecule has 0 atom stereocenters. The third-order valence-corrected chi connectivity index (χ3v) is 2.36. The van der Waals surface area contributed by atoms with Crippen LogP contribution in [0, 0.1) is 13.8 Å². The van der Waals surface area contributed by atoms with Crippen LogP contribution >= 0.6 is 11.6 Å². The van der Waals surface area contributed by atoms with E-state index in [2.05, 4.69) is 42.0 Å². The lowest BCUT2D eigenvalue weighted by Crippen LogP contribution is -1.87. The van der Waals surface area contributed by atoms with Gasteiger partial charge in [0.1, 0.15) is 11.5 Å². The van der Waals surface area contributed by atoms with Crippen LogP contribution in [0.4, 0.5) is 0 Å². The second-order valence-electron chi connectivity index (χ2n) is 3.60. The van der Waals surface area contributed by atoms with E-state index in [0.717, 1.165) is 11.3 Å². The van der Waals surface area contributed by atoms with Crippen LogP contribution in [0.1, 0.15) is 11.1 Å². The highest BCUT2D eigenvalue weighted by atomic mass is 35.5. The fourth-order valence-corrected chi connectivity index (χ4v) is 1.76. The van der Waals surface area contributed by atoms with Gasteiger partial charge in [0.05, 0.1) is 5.69 Å². The zero-order valence-electron chi connectivity index (χ0n) is 8.66. The summed E-state index contributed by atoms with van der Waals surface area (Å²) in [6.07, 6.45) is 1.48. The fourth-order valence-electron chi connectivity index (χ4n) is 1.61. The summed E-state index contributed by atoms with van der Waals surface area (Å²) in [6, 6.07) is 8.08. The van der Waals surface area contributed by atoms with Crippen molar-refractivity contribution in [2.24, 2.45) is 0 Å². The highest BCUT2D eigenvalue weighted by molar-refractivity contribution is 6.29. The van der Waals surface area contributed by atoms with E-state index in [-0.39, 0.29) is 0 Å². The molecule has 76 valence electrons. The number of halogens is 1. The van der Waals surface area contributed by atoms with Crippen LogP contribution in [-0.2, 0) is 0 Å². The predicted octanol–water partition coefficient (Wildman–Crippen LogP) is 3.41. The zero-order chi connectivity index (χ0) is 10.8. The molecule has 0 aliphatic carbocycles. The Morgan fingerprint density at radius 1 is 0.933 bits per heavy atom. The molecule has 3 heteroatoms. The van der Waals surface area contributed by atoms with Crippen molar-refractivity contribution in [3.63, 3.8) is 0 Å². The number of benzene rings is 1. The van der Waals surface area contributed by atoms with Gasteiger partial charge in [0.2, 0.25) is 0 Å². The molecule has 0 saturated carbocycles. The average Bonchev–Trinajstić information content (AvgIpc) is 2.16. The Bertz CT molecular complexity index is 474. The monoisotopic (exact) mass is 218 g/mol. The lowest BCUT2D eigenvalue weighted by molar-refractivity contribution is 1.17. The molecule has 1 heterocycles. The summed E-state index contributed by atoms with van der Waals surface area (Å²) in [5, 5.41) is 0.471. The Hall–Kier alpha value is -1.41. The number of nitrogens with zero attached hydrogens (tertiary/aromatic N) is 2. The van der Waals surface area contributed by atoms with Crippen LogP contribution in [-0.4, -0.2) is 9.97 Å². The third kappa shape index (κ3) is 2.34. The van der Waals surface area contributed by atoms with Gasteiger partial charge in [0.15, 0.2) is 0 Å². The van der Waals surface area contributed by atoms with Gasteiger partial charge < -0.3 is 0 Å². The molecule has 15 heavy (non-hydrogen) atoms. The summed E-state index contributed by atoms with van der Waals surface area (Å²) in [4.78, 5) is 8.06. The molecule has 0 fully saturated rings. The van der Waals surface area contributed by atoms with Crippen molar-refractivity contribution in [2.45, 2.75) is 13.8 Å². The second-order valence-corrected chi connectivity index (χ2v) is 3.99. The normalized spacial score (nSPS) is 10.3. The van der Waals surface area contributed by atoms with Crippen LogP contribution < -0.4 is 0 Å². The Morgan fingerprint density at radius 3 is 2.20 bits per heavy atom. The van der Waals surface area contributed by atoms with E-state index in [9.17, 15) is 0 Å². The van der Waals surface area contributed by atoms with Gasteiger partial charge in [0, 0.05) is 11.6 Å². The van der Waals surface area contributed by atoms with Crippen LogP contribution in [0.2, 0.25) is 5.15 Å². The highest BCUT2D eigenvalue weighted by Gasteiger charge is 2.01. The first kappa shape index (κ1) is 10.1. The minimum Gasteiger partial charge on any atom is -0.236 e. The largest absolute Gasteiger partial charge is 0.236 e. The van der Waals surface area contributed by atoms with Crippen molar-refractivity contribution < 1.29 is 0 Å². The van der Waals surface area contributed by atoms with E-state index in [1.165, 1.54) is 17.5 Å². The lowest BCUT2D eigenvalue weighted by Gasteiger charge is -2.04. The molecular weight excluding hydrogens is 208 g/mol. The summed E-state index contributed by atoms with van der Waals surface area (Å²) in [5.74, 6) is 0. The maximum absolute atomic E-state index is 5.82. The first-order valence-electron chi connectivity index (χ1n) is 4.71. The Labute approximate surface area is 94.0 Å². The number of aryl methyl sites for hydroxylation is 2. The standard InChI is InChI=1S/C12H11ClN2/c1-8-3-9(2)5-10(4-8)11-6-12(13)15-7-14-11/h3-7H,1-2H3. The maximum Gasteiger partial charge on any atom is 0.133 e. The Kier molecular flexibility index (Phi) is 2.69. The summed E-state index contributed by atoms with van der Waals surface area (Å²) in [5.41, 5.74) is 4.39. The first-order valence-corrected chi connectivity index (χ1v) is 5.09. The van der Waals surface area contributed by atoms with Gasteiger partial charge in [-0.2, -0.15) is 0 Å². The first-order chi connectivity index (χ1) is 7.15. The van der Waals surface area contributed by atoms with Gasteiger partial charge in [-0.05, 0) is 26.0 Å². The van der Waals surface area contributed by atoms with Crippen molar-refractivity contribution in [2.75, 3.05) is 0 Å². The van der Waals surface area contributed by atoms with E-state index in [0.29, 0.717) is 5.15 Å². The van der Waals surface area contributed by atoms with Crippen molar-refractivity contribution >= 4 is 11.6 Å². The van der Waals surface area contributed by atoms with Crippen molar-refractivity contribution in [3.8, 4) is 11.3 Å². The molecule has 0 N–H and O–H groups in total. The molecule has 0 bridgehead atoms. The molecule has 1 aromatic heterocycles. The Balaban J connectivity index is 2.54. The van der Waals surface area contributed by atoms with Crippen LogP contribution in [0.15, 0.2) is 30.6 Å². The lowest BCUT2D eigenvalue weighted by atomic mass is 10.1. The highest BCUT2D eigenvalue weighted by Crippen LogP contribution is 2.21. The fraction of sp³-hybridized carbons (Fsp3) is 0.167. The molecule has 0 unspecified atom stereocenters. The van der Waals surface area contributed by atoms with Gasteiger partial charge >= 0.3 is 0 Å². The summed E-state index contributed by atoms with van der Waals surface area (Å²) >= 11 is 5.82. The minimum absolute atomic E-state index is 0.471. The predicted molar refractivity (Wildman–Crippen MR) is 62.0 cm³/mol. The summed E-state index contributed by atoms with van der Waals surface area (Å²) in [7, 11) is 0. The zero-order valence-corrected chi connectivity index (χ0v) is 9.42. The second kappa shape index (κ2) is 3.99. The van der Waals surface area contributed by atoms with Gasteiger partial charge in [0.25, 0.3) is 0 Å². The molecule has 0 aliphatic rings. The van der Waals surface area contributed by atoms with Crippen molar-refractivity contribution in [1.29, 1.82) is 0 Å². The third-order valence-electron chi connectivity index (χ3n) is 2.15. The SMILES string of the molecule is Cc1cc(C)cc(-c2cc(Cl)ncn2)c1. The van der Waals surface area contributed by atoms with E-state index >= 15 is 0 Å². The minimum atomic E-state index is 0.471. The summed E-state index contributed by atoms with van der Waals surface area (Å²) in [6.45, 7) is 4.14. The van der Waals surface area contributed by atoms with E-state index in [1.54, 1.807) is 6.07 Å². The molecule has 0 amide bonds. The van der Waals surface area contributed by atoms with Crippen molar-refractivity contribution in [3.05, 3.63) is 46.9 Å². The molecule has 2 aromatic rings. The molecular formula is C12H11ClN2. The van der Waals surface area contributed by atoms with Crippen LogP contribution in [0.5, 0.6) is 0 Å². The van der Waals surface area contributed by atoms with Gasteiger partial charge in [-0.25, -0.2) is 9.97 Å². The van der Waals surface area contributed by atoms with Gasteiger partial charge in [-0.15, -0.1) is 0 Å². The topological polar surface area (TPSA) is 25.8 Å². The quantitative estimate of drug-likeness (QED) is 0.686. The molecule has 0 radical (unpaired) electrons. The summed E-state index contributed by atoms with van der Waals surface area (Å²) < 4.78 is 0. The molecule has 2 rings (SSSR count). The average molecular weight is 219 g/mol. The maximum atomic E-state index is 5.82. The number of hydrogen-bond acceptors (Lipinski definition) is 2. The Morgan fingerprint density at radius 2 is 1.60 bits per heavy atom. The van der Waals surface area contributed by atoms with E-state index in [4.69, 9.17) is 11.6 Å². The van der Waals surface area contributed by atoms with Crippen molar-refractivity contribution in [1.82, 2.24) is 9.97 Å².